The number of nitrogens with two attached hydrogens (primary N) is 1. The second-order valence-corrected chi connectivity index (χ2v) is 7.67. The molecule has 1 spiro atoms. The molecule has 1 unspecified atom stereocenters. The van der Waals surface area contributed by atoms with E-state index in [1.807, 2.05) is 42.5 Å². The van der Waals surface area contributed by atoms with E-state index in [1.165, 1.54) is 4.90 Å². The second-order valence-electron chi connectivity index (χ2n) is 7.23. The summed E-state index contributed by atoms with van der Waals surface area (Å²) in [6, 6.07) is 18.6. The van der Waals surface area contributed by atoms with E-state index >= 15 is 0 Å². The molecule has 2 heterocycles. The number of hydrogen-bond donors (Lipinski definition) is 1. The highest BCUT2D eigenvalue weighted by molar-refractivity contribution is 6.30. The van der Waals surface area contributed by atoms with Crippen LogP contribution in [0.25, 0.3) is 11.1 Å². The standard InChI is InChI=1S/C23H18ClN3O3/c1-27-21(28)23(26-22(27)25)17-8-7-16(29-2)12-20(17)30-19-9-6-14(11-18(19)23)13-4-3-5-15(24)10-13/h3-12H,1-2H3,(H2,25,26). The summed E-state index contributed by atoms with van der Waals surface area (Å²) in [7, 11) is 3.20. The molecule has 3 aromatic carbocycles. The van der Waals surface area contributed by atoms with Gasteiger partial charge in [0, 0.05) is 29.3 Å². The lowest BCUT2D eigenvalue weighted by molar-refractivity contribution is -0.129. The molecule has 6 nitrogen and oxygen atoms in total. The van der Waals surface area contributed by atoms with E-state index in [0.29, 0.717) is 33.4 Å². The molecule has 0 bridgehead atoms. The Balaban J connectivity index is 1.78. The number of amides is 1. The summed E-state index contributed by atoms with van der Waals surface area (Å²) in [5, 5.41) is 0.632. The maximum atomic E-state index is 13.5. The highest BCUT2D eigenvalue weighted by Gasteiger charge is 2.54. The first kappa shape index (κ1) is 18.5. The zero-order chi connectivity index (χ0) is 21.0. The predicted octanol–water partition coefficient (Wildman–Crippen LogP) is 4.15. The van der Waals surface area contributed by atoms with Crippen LogP contribution in [0.5, 0.6) is 17.2 Å². The van der Waals surface area contributed by atoms with E-state index < -0.39 is 5.54 Å². The van der Waals surface area contributed by atoms with Crippen molar-refractivity contribution >= 4 is 23.5 Å². The third-order valence-electron chi connectivity index (χ3n) is 5.57. The van der Waals surface area contributed by atoms with Gasteiger partial charge in [-0.1, -0.05) is 29.8 Å². The molecule has 0 saturated carbocycles. The second kappa shape index (κ2) is 6.50. The molecule has 0 aromatic heterocycles. The maximum Gasteiger partial charge on any atom is 0.266 e. The molecule has 7 heteroatoms. The Morgan fingerprint density at radius 3 is 2.53 bits per heavy atom. The minimum atomic E-state index is -1.32. The summed E-state index contributed by atoms with van der Waals surface area (Å²) in [5.41, 5.74) is 7.85. The Morgan fingerprint density at radius 1 is 1.03 bits per heavy atom. The van der Waals surface area contributed by atoms with Crippen LogP contribution in [0.4, 0.5) is 0 Å². The van der Waals surface area contributed by atoms with Crippen molar-refractivity contribution in [1.29, 1.82) is 0 Å². The van der Waals surface area contributed by atoms with Crippen molar-refractivity contribution in [2.45, 2.75) is 5.54 Å². The number of halogens is 1. The maximum absolute atomic E-state index is 13.5. The molecule has 1 atom stereocenters. The summed E-state index contributed by atoms with van der Waals surface area (Å²) >= 11 is 6.18. The van der Waals surface area contributed by atoms with Crippen molar-refractivity contribution in [3.8, 4) is 28.4 Å². The average Bonchev–Trinajstić information content (AvgIpc) is 2.98. The topological polar surface area (TPSA) is 77.2 Å². The molecule has 30 heavy (non-hydrogen) atoms. The summed E-state index contributed by atoms with van der Waals surface area (Å²) in [6.07, 6.45) is 0. The van der Waals surface area contributed by atoms with E-state index in [-0.39, 0.29) is 11.9 Å². The minimum absolute atomic E-state index is 0.155. The van der Waals surface area contributed by atoms with Gasteiger partial charge in [-0.3, -0.25) is 9.69 Å². The lowest BCUT2D eigenvalue weighted by atomic mass is 9.79. The summed E-state index contributed by atoms with van der Waals surface area (Å²) in [5.74, 6) is 1.60. The molecule has 5 rings (SSSR count). The molecule has 0 saturated heterocycles. The molecule has 0 radical (unpaired) electrons. The van der Waals surface area contributed by atoms with Gasteiger partial charge < -0.3 is 15.2 Å². The van der Waals surface area contributed by atoms with Crippen molar-refractivity contribution in [1.82, 2.24) is 4.90 Å². The summed E-state index contributed by atoms with van der Waals surface area (Å²) in [6.45, 7) is 0. The molecule has 0 fully saturated rings. The Hall–Kier alpha value is -3.51. The Bertz CT molecular complexity index is 1240. The molecule has 1 amide bonds. The summed E-state index contributed by atoms with van der Waals surface area (Å²) in [4.78, 5) is 19.5. The zero-order valence-corrected chi connectivity index (χ0v) is 17.1. The van der Waals surface area contributed by atoms with Crippen LogP contribution >= 0.6 is 11.6 Å². The fourth-order valence-corrected chi connectivity index (χ4v) is 4.21. The molecular weight excluding hydrogens is 402 g/mol. The van der Waals surface area contributed by atoms with E-state index in [9.17, 15) is 4.79 Å². The first-order valence-corrected chi connectivity index (χ1v) is 9.72. The SMILES string of the molecule is COc1ccc2c(c1)Oc1ccc(-c3cccc(Cl)c3)cc1C21N=C(N)N(C)C1=O. The molecule has 3 aromatic rings. The number of carbonyl (C=O) groups excluding carboxylic acids is 1. The fraction of sp³-hybridized carbons (Fsp3) is 0.130. The Kier molecular flexibility index (Phi) is 4.01. The van der Waals surface area contributed by atoms with Crippen LogP contribution in [0, 0.1) is 0 Å². The molecule has 2 aliphatic rings. The van der Waals surface area contributed by atoms with Crippen molar-refractivity contribution in [3.05, 3.63) is 76.8 Å². The predicted molar refractivity (Wildman–Crippen MR) is 115 cm³/mol. The Labute approximate surface area is 178 Å². The van der Waals surface area contributed by atoms with Crippen molar-refractivity contribution in [2.24, 2.45) is 10.7 Å². The number of rotatable bonds is 2. The lowest BCUT2D eigenvalue weighted by Gasteiger charge is -2.34. The summed E-state index contributed by atoms with van der Waals surface area (Å²) < 4.78 is 11.5. The number of likely N-dealkylation sites (N-methyl/N-ethyl adjacent to an activating group) is 1. The fourth-order valence-electron chi connectivity index (χ4n) is 4.02. The Morgan fingerprint density at radius 2 is 1.83 bits per heavy atom. The number of ether oxygens (including phenoxy) is 2. The number of carbonyl (C=O) groups is 1. The van der Waals surface area contributed by atoms with Crippen LogP contribution in [-0.2, 0) is 10.3 Å². The molecule has 150 valence electrons. The minimum Gasteiger partial charge on any atom is -0.497 e. The third-order valence-corrected chi connectivity index (χ3v) is 5.80. The lowest BCUT2D eigenvalue weighted by Crippen LogP contribution is -2.42. The van der Waals surface area contributed by atoms with Gasteiger partial charge in [0.25, 0.3) is 5.91 Å². The number of methoxy groups -OCH3 is 1. The van der Waals surface area contributed by atoms with E-state index in [2.05, 4.69) is 4.99 Å². The normalized spacial score (nSPS) is 19.2. The molecular formula is C23H18ClN3O3. The molecule has 2 aliphatic heterocycles. The van der Waals surface area contributed by atoms with Crippen molar-refractivity contribution < 1.29 is 14.3 Å². The largest absolute Gasteiger partial charge is 0.497 e. The van der Waals surface area contributed by atoms with Gasteiger partial charge in [-0.2, -0.15) is 0 Å². The highest BCUT2D eigenvalue weighted by Crippen LogP contribution is 2.53. The number of benzene rings is 3. The monoisotopic (exact) mass is 419 g/mol. The van der Waals surface area contributed by atoms with Gasteiger partial charge in [0.05, 0.1) is 7.11 Å². The first-order chi connectivity index (χ1) is 14.4. The van der Waals surface area contributed by atoms with Crippen LogP contribution in [0.15, 0.2) is 65.7 Å². The van der Waals surface area contributed by atoms with Crippen molar-refractivity contribution in [2.75, 3.05) is 14.2 Å². The smallest absolute Gasteiger partial charge is 0.266 e. The quantitative estimate of drug-likeness (QED) is 0.676. The number of nitrogens with zero attached hydrogens (tertiary/aromatic N) is 2. The van der Waals surface area contributed by atoms with Gasteiger partial charge in [0.1, 0.15) is 17.2 Å². The van der Waals surface area contributed by atoms with Gasteiger partial charge in [-0.05, 0) is 47.5 Å². The highest BCUT2D eigenvalue weighted by atomic mass is 35.5. The van der Waals surface area contributed by atoms with Gasteiger partial charge in [0.2, 0.25) is 5.54 Å². The number of fused-ring (bicyclic) bond motifs is 4. The molecule has 0 aliphatic carbocycles. The van der Waals surface area contributed by atoms with E-state index in [0.717, 1.165) is 11.1 Å². The van der Waals surface area contributed by atoms with Crippen LogP contribution in [0.2, 0.25) is 5.02 Å². The number of aliphatic imine (C=N–C) groups is 1. The van der Waals surface area contributed by atoms with E-state index in [1.54, 1.807) is 32.4 Å². The van der Waals surface area contributed by atoms with Crippen LogP contribution in [-0.4, -0.2) is 30.9 Å². The van der Waals surface area contributed by atoms with Crippen LogP contribution in [0.1, 0.15) is 11.1 Å². The van der Waals surface area contributed by atoms with Crippen LogP contribution < -0.4 is 15.2 Å². The van der Waals surface area contributed by atoms with Gasteiger partial charge in [-0.25, -0.2) is 4.99 Å². The molecule has 2 N–H and O–H groups in total. The van der Waals surface area contributed by atoms with Crippen LogP contribution in [0.3, 0.4) is 0 Å². The van der Waals surface area contributed by atoms with Gasteiger partial charge >= 0.3 is 0 Å². The third kappa shape index (κ3) is 2.50. The van der Waals surface area contributed by atoms with Crippen molar-refractivity contribution in [3.63, 3.8) is 0 Å². The van der Waals surface area contributed by atoms with Gasteiger partial charge in [0.15, 0.2) is 5.96 Å². The van der Waals surface area contributed by atoms with E-state index in [4.69, 9.17) is 26.8 Å². The first-order valence-electron chi connectivity index (χ1n) is 9.34. The van der Waals surface area contributed by atoms with Gasteiger partial charge in [-0.15, -0.1) is 0 Å². The number of hydrogen-bond acceptors (Lipinski definition) is 5. The average molecular weight is 420 g/mol. The zero-order valence-electron chi connectivity index (χ0n) is 16.3. The number of guanidine groups is 1.